The normalized spacial score (nSPS) is 16.2. The largest absolute Gasteiger partial charge is 0.507 e. The van der Waals surface area contributed by atoms with Gasteiger partial charge in [0.15, 0.2) is 17.4 Å². The first kappa shape index (κ1) is 28.6. The number of carbonyl (C=O) groups is 1. The number of ether oxygens (including phenoxy) is 1. The number of benzene rings is 2. The van der Waals surface area contributed by atoms with Crippen LogP contribution in [0.5, 0.6) is 11.5 Å². The number of phenolic OH excluding ortho intramolecular Hbond substituents is 1. The number of aromatic hydroxyl groups is 1. The average molecular weight is 608 g/mol. The molecule has 2 aromatic carbocycles. The van der Waals surface area contributed by atoms with Crippen LogP contribution in [0.1, 0.15) is 31.0 Å². The topological polar surface area (TPSA) is 101 Å². The predicted molar refractivity (Wildman–Crippen MR) is 159 cm³/mol. The molecule has 1 saturated heterocycles. The third kappa shape index (κ3) is 4.41. The molecule has 0 bridgehead atoms. The molecule has 1 atom stereocenters. The van der Waals surface area contributed by atoms with Gasteiger partial charge in [-0.2, -0.15) is 4.98 Å². The Morgan fingerprint density at radius 3 is 2.67 bits per heavy atom. The highest BCUT2D eigenvalue weighted by Crippen LogP contribution is 2.48. The van der Waals surface area contributed by atoms with Gasteiger partial charge in [-0.15, -0.1) is 0 Å². The molecule has 0 saturated carbocycles. The maximum Gasteiger partial charge on any atom is 0.354 e. The van der Waals surface area contributed by atoms with Crippen molar-refractivity contribution in [3.63, 3.8) is 0 Å². The zero-order valence-corrected chi connectivity index (χ0v) is 24.5. The Kier molecular flexibility index (Phi) is 7.08. The van der Waals surface area contributed by atoms with Crippen molar-refractivity contribution in [2.75, 3.05) is 31.1 Å². The summed E-state index contributed by atoms with van der Waals surface area (Å²) in [6, 6.07) is 5.28. The Balaban J connectivity index is 1.76. The molecule has 12 heteroatoms. The third-order valence-corrected chi connectivity index (χ3v) is 8.29. The van der Waals surface area contributed by atoms with E-state index in [1.165, 1.54) is 24.3 Å². The first-order chi connectivity index (χ1) is 20.5. The molecule has 4 aromatic rings. The molecule has 43 heavy (non-hydrogen) atoms. The molecule has 1 fully saturated rings. The van der Waals surface area contributed by atoms with E-state index in [1.54, 1.807) is 29.0 Å². The molecule has 0 spiro atoms. The van der Waals surface area contributed by atoms with Gasteiger partial charge in [0.1, 0.15) is 23.7 Å². The van der Waals surface area contributed by atoms with Crippen LogP contribution in [0.2, 0.25) is 5.02 Å². The van der Waals surface area contributed by atoms with Crippen LogP contribution in [0, 0.1) is 18.6 Å². The van der Waals surface area contributed by atoms with Crippen LogP contribution in [0.25, 0.3) is 27.7 Å². The Hall–Kier alpha value is -4.51. The van der Waals surface area contributed by atoms with Crippen LogP contribution in [-0.2, 0) is 4.79 Å². The Labute approximate surface area is 250 Å². The molecule has 2 aromatic heterocycles. The molecule has 2 aliphatic heterocycles. The molecule has 222 valence electrons. The van der Waals surface area contributed by atoms with Crippen LogP contribution in [0.4, 0.5) is 14.6 Å². The summed E-state index contributed by atoms with van der Waals surface area (Å²) in [6.07, 6.45) is 2.81. The van der Waals surface area contributed by atoms with E-state index in [4.69, 9.17) is 16.3 Å². The maximum atomic E-state index is 17.1. The predicted octanol–water partition coefficient (Wildman–Crippen LogP) is 5.11. The highest BCUT2D eigenvalue weighted by molar-refractivity contribution is 6.33. The minimum Gasteiger partial charge on any atom is -0.507 e. The Bertz CT molecular complexity index is 1870. The molecule has 4 heterocycles. The Morgan fingerprint density at radius 2 is 1.98 bits per heavy atom. The van der Waals surface area contributed by atoms with E-state index < -0.39 is 34.7 Å². The molecule has 0 radical (unpaired) electrons. The first-order valence-corrected chi connectivity index (χ1v) is 14.1. The van der Waals surface area contributed by atoms with Crippen molar-refractivity contribution >= 4 is 34.2 Å². The summed E-state index contributed by atoms with van der Waals surface area (Å²) in [5.74, 6) is -3.43. The lowest BCUT2D eigenvalue weighted by atomic mass is 9.98. The van der Waals surface area contributed by atoms with Crippen molar-refractivity contribution in [2.45, 2.75) is 32.7 Å². The van der Waals surface area contributed by atoms with Gasteiger partial charge >= 0.3 is 5.69 Å². The third-order valence-electron chi connectivity index (χ3n) is 7.98. The van der Waals surface area contributed by atoms with E-state index >= 15 is 8.78 Å². The quantitative estimate of drug-likeness (QED) is 0.322. The summed E-state index contributed by atoms with van der Waals surface area (Å²) >= 11 is 6.39. The summed E-state index contributed by atoms with van der Waals surface area (Å²) < 4.78 is 40.9. The van der Waals surface area contributed by atoms with E-state index in [0.29, 0.717) is 16.9 Å². The van der Waals surface area contributed by atoms with Crippen molar-refractivity contribution in [3.8, 4) is 28.3 Å². The summed E-state index contributed by atoms with van der Waals surface area (Å²) in [4.78, 5) is 38.7. The summed E-state index contributed by atoms with van der Waals surface area (Å²) in [6.45, 7) is 9.70. The van der Waals surface area contributed by atoms with Crippen LogP contribution in [-0.4, -0.2) is 62.7 Å². The molecule has 2 aliphatic rings. The highest BCUT2D eigenvalue weighted by atomic mass is 35.5. The number of anilines is 1. The zero-order valence-electron chi connectivity index (χ0n) is 23.7. The van der Waals surface area contributed by atoms with Crippen LogP contribution in [0.3, 0.4) is 0 Å². The molecule has 1 unspecified atom stereocenters. The fourth-order valence-corrected chi connectivity index (χ4v) is 6.23. The summed E-state index contributed by atoms with van der Waals surface area (Å²) in [5, 5.41) is 10.6. The number of amides is 1. The maximum absolute atomic E-state index is 17.1. The number of hydrogen-bond donors (Lipinski definition) is 1. The fourth-order valence-electron chi connectivity index (χ4n) is 5.97. The van der Waals surface area contributed by atoms with Gasteiger partial charge in [0.25, 0.3) is 0 Å². The molecule has 0 aliphatic carbocycles. The lowest BCUT2D eigenvalue weighted by Crippen LogP contribution is -2.56. The number of pyridine rings is 1. The number of rotatable bonds is 4. The number of nitrogens with zero attached hydrogens (tertiary/aromatic N) is 5. The van der Waals surface area contributed by atoms with E-state index in [2.05, 4.69) is 16.5 Å². The van der Waals surface area contributed by atoms with Crippen molar-refractivity contribution in [1.29, 1.82) is 0 Å². The number of aryl methyl sites for hydroxylation is 1. The van der Waals surface area contributed by atoms with E-state index in [1.807, 2.05) is 13.8 Å². The minimum atomic E-state index is -1.12. The number of carbonyl (C=O) groups excluding carboxylic acids is 1. The van der Waals surface area contributed by atoms with Gasteiger partial charge in [-0.05, 0) is 42.7 Å². The second-order valence-electron chi connectivity index (χ2n) is 10.9. The van der Waals surface area contributed by atoms with Gasteiger partial charge in [-0.3, -0.25) is 14.3 Å². The van der Waals surface area contributed by atoms with Crippen LogP contribution < -0.4 is 15.3 Å². The number of hydrogen-bond acceptors (Lipinski definition) is 7. The SMILES string of the molecule is C=CC(=O)N1CCN2c3nc(=O)n(-c4c(C)ccnc4C(C)C)c4c(F)c(-c5c(O)cccc5Cl)c(F)c(c34)OCC2C1. The number of phenols is 1. The van der Waals surface area contributed by atoms with Crippen LogP contribution in [0.15, 0.2) is 47.9 Å². The monoisotopic (exact) mass is 607 g/mol. The standard InChI is InChI=1S/C31H28ClF2N5O4/c1-5-20(41)37-11-12-38-17(13-37)14-43-29-23-28(24(33)22(25(29)34)21-18(32)7-6-8-19(21)40)39(31(42)36-30(23)38)27-16(4)9-10-35-26(27)15(2)3/h5-10,15,17,40H,1,11-14H2,2-4H3. The highest BCUT2D eigenvalue weighted by Gasteiger charge is 2.39. The minimum absolute atomic E-state index is 0.0415. The van der Waals surface area contributed by atoms with E-state index in [0.717, 1.165) is 4.57 Å². The molecule has 9 nitrogen and oxygen atoms in total. The second kappa shape index (κ2) is 10.6. The molecule has 1 amide bonds. The van der Waals surface area contributed by atoms with E-state index in [9.17, 15) is 14.7 Å². The zero-order chi connectivity index (χ0) is 30.7. The van der Waals surface area contributed by atoms with Gasteiger partial charge in [0.2, 0.25) is 5.91 Å². The first-order valence-electron chi connectivity index (χ1n) is 13.8. The van der Waals surface area contributed by atoms with Gasteiger partial charge < -0.3 is 19.6 Å². The summed E-state index contributed by atoms with van der Waals surface area (Å²) in [7, 11) is 0. The van der Waals surface area contributed by atoms with Crippen molar-refractivity contribution in [2.24, 2.45) is 0 Å². The van der Waals surface area contributed by atoms with Gasteiger partial charge in [-0.1, -0.05) is 38.1 Å². The smallest absolute Gasteiger partial charge is 0.354 e. The Morgan fingerprint density at radius 1 is 1.21 bits per heavy atom. The van der Waals surface area contributed by atoms with Gasteiger partial charge in [-0.25, -0.2) is 13.6 Å². The summed E-state index contributed by atoms with van der Waals surface area (Å²) in [5.41, 5.74) is -0.582. The number of piperazine rings is 1. The van der Waals surface area contributed by atoms with Crippen molar-refractivity contribution in [1.82, 2.24) is 19.4 Å². The lowest BCUT2D eigenvalue weighted by Gasteiger charge is -2.40. The van der Waals surface area contributed by atoms with Gasteiger partial charge in [0.05, 0.1) is 33.4 Å². The molecular weight excluding hydrogens is 580 g/mol. The van der Waals surface area contributed by atoms with Crippen molar-refractivity contribution in [3.05, 3.63) is 81.5 Å². The molecular formula is C31H28ClF2N5O4. The molecule has 1 N–H and O–H groups in total. The molecule has 6 rings (SSSR count). The van der Waals surface area contributed by atoms with Gasteiger partial charge in [0, 0.05) is 31.4 Å². The number of fused-ring (bicyclic) bond motifs is 2. The van der Waals surface area contributed by atoms with Crippen LogP contribution >= 0.6 is 11.6 Å². The number of aromatic nitrogens is 3. The fraction of sp³-hybridized carbons (Fsp3) is 0.290. The van der Waals surface area contributed by atoms with Crippen molar-refractivity contribution < 1.29 is 23.4 Å². The second-order valence-corrected chi connectivity index (χ2v) is 11.3. The number of halogens is 3. The van der Waals surface area contributed by atoms with E-state index in [-0.39, 0.29) is 71.1 Å². The average Bonchev–Trinajstić information content (AvgIpc) is 3.13. The lowest BCUT2D eigenvalue weighted by molar-refractivity contribution is -0.126.